The maximum absolute atomic E-state index is 12.7. The molecule has 7 nitrogen and oxygen atoms in total. The Kier molecular flexibility index (Phi) is 4.71. The number of nitrogens with one attached hydrogen (secondary N) is 1. The van der Waals surface area contributed by atoms with Crippen LogP contribution in [0.15, 0.2) is 71.5 Å². The van der Waals surface area contributed by atoms with Crippen molar-refractivity contribution in [3.05, 3.63) is 83.2 Å². The van der Waals surface area contributed by atoms with E-state index in [0.717, 1.165) is 24.0 Å². The molecule has 1 N–H and O–H groups in total. The topological polar surface area (TPSA) is 74.2 Å². The number of ether oxygens (including phenoxy) is 1. The van der Waals surface area contributed by atoms with Crippen LogP contribution in [0.3, 0.4) is 0 Å². The number of amidine groups is 1. The summed E-state index contributed by atoms with van der Waals surface area (Å²) in [4.78, 5) is 32.8. The summed E-state index contributed by atoms with van der Waals surface area (Å²) in [6.07, 6.45) is 3.45. The second-order valence-corrected chi connectivity index (χ2v) is 7.64. The van der Waals surface area contributed by atoms with Crippen molar-refractivity contribution in [2.24, 2.45) is 4.99 Å². The number of fused-ring (bicyclic) bond motifs is 2. The number of rotatable bonds is 4. The van der Waals surface area contributed by atoms with Crippen molar-refractivity contribution in [2.75, 3.05) is 13.1 Å². The average Bonchev–Trinajstić information content (AvgIpc) is 3.32. The first-order valence-corrected chi connectivity index (χ1v) is 10.1. The van der Waals surface area contributed by atoms with Gasteiger partial charge in [0, 0.05) is 19.6 Å². The summed E-state index contributed by atoms with van der Waals surface area (Å²) in [5.74, 6) is -0.122. The van der Waals surface area contributed by atoms with Gasteiger partial charge >= 0.3 is 12.1 Å². The standard InChI is InChI=1S/C23H22N4O3/c28-21(24-19-11-10-17-8-4-5-9-18(17)19)20-15-27-13-12-26(22(29)25-23(27)30-20)14-16-6-2-1-3-7-16/h1-9,15,19H,10-14H2,(H,24,28). The zero-order chi connectivity index (χ0) is 20.5. The Morgan fingerprint density at radius 1 is 1.10 bits per heavy atom. The van der Waals surface area contributed by atoms with Gasteiger partial charge in [-0.2, -0.15) is 0 Å². The fourth-order valence-corrected chi connectivity index (χ4v) is 4.10. The quantitative estimate of drug-likeness (QED) is 0.853. The van der Waals surface area contributed by atoms with Crippen LogP contribution >= 0.6 is 0 Å². The first-order valence-electron chi connectivity index (χ1n) is 10.1. The molecule has 0 fully saturated rings. The van der Waals surface area contributed by atoms with E-state index >= 15 is 0 Å². The molecule has 3 aliphatic rings. The third-order valence-corrected chi connectivity index (χ3v) is 5.67. The van der Waals surface area contributed by atoms with E-state index in [9.17, 15) is 9.59 Å². The highest BCUT2D eigenvalue weighted by Gasteiger charge is 2.33. The second-order valence-electron chi connectivity index (χ2n) is 7.64. The van der Waals surface area contributed by atoms with Gasteiger partial charge < -0.3 is 15.0 Å². The Balaban J connectivity index is 1.24. The van der Waals surface area contributed by atoms with Crippen LogP contribution < -0.4 is 5.32 Å². The summed E-state index contributed by atoms with van der Waals surface area (Å²) in [5.41, 5.74) is 3.47. The number of urea groups is 1. The molecule has 1 atom stereocenters. The molecular formula is C23H22N4O3. The molecule has 7 heteroatoms. The van der Waals surface area contributed by atoms with E-state index in [2.05, 4.69) is 22.4 Å². The number of carbonyl (C=O) groups is 2. The summed E-state index contributed by atoms with van der Waals surface area (Å²) < 4.78 is 5.65. The largest absolute Gasteiger partial charge is 0.418 e. The van der Waals surface area contributed by atoms with Crippen LogP contribution in [0, 0.1) is 0 Å². The molecule has 0 spiro atoms. The number of carbonyl (C=O) groups excluding carboxylic acids is 2. The molecule has 2 heterocycles. The van der Waals surface area contributed by atoms with Crippen molar-refractivity contribution in [1.29, 1.82) is 0 Å². The van der Waals surface area contributed by atoms with E-state index in [1.54, 1.807) is 16.0 Å². The Morgan fingerprint density at radius 3 is 2.77 bits per heavy atom. The zero-order valence-corrected chi connectivity index (χ0v) is 16.5. The molecule has 5 rings (SSSR count). The Bertz CT molecular complexity index is 1050. The van der Waals surface area contributed by atoms with Crippen LogP contribution in [-0.4, -0.2) is 40.8 Å². The van der Waals surface area contributed by atoms with Gasteiger partial charge in [-0.25, -0.2) is 4.79 Å². The van der Waals surface area contributed by atoms with Gasteiger partial charge in [-0.05, 0) is 29.5 Å². The van der Waals surface area contributed by atoms with Crippen molar-refractivity contribution < 1.29 is 14.3 Å². The molecule has 0 saturated carbocycles. The molecule has 2 aliphatic heterocycles. The van der Waals surface area contributed by atoms with Gasteiger partial charge in [0.15, 0.2) is 0 Å². The molecule has 2 aromatic carbocycles. The van der Waals surface area contributed by atoms with E-state index in [1.807, 2.05) is 42.5 Å². The molecule has 30 heavy (non-hydrogen) atoms. The minimum atomic E-state index is -0.365. The third kappa shape index (κ3) is 3.54. The highest BCUT2D eigenvalue weighted by atomic mass is 16.5. The smallest absolute Gasteiger partial charge is 0.348 e. The molecule has 0 bridgehead atoms. The summed E-state index contributed by atoms with van der Waals surface area (Å²) in [6.45, 7) is 1.49. The molecule has 1 unspecified atom stereocenters. The predicted molar refractivity (Wildman–Crippen MR) is 111 cm³/mol. The van der Waals surface area contributed by atoms with Gasteiger partial charge in [0.25, 0.3) is 5.91 Å². The molecular weight excluding hydrogens is 380 g/mol. The van der Waals surface area contributed by atoms with Crippen molar-refractivity contribution in [1.82, 2.24) is 15.1 Å². The second kappa shape index (κ2) is 7.67. The number of aryl methyl sites for hydroxylation is 1. The molecule has 3 amide bonds. The SMILES string of the molecule is O=C(NC1CCc2ccccc21)C1=CN2CCN(Cc3ccccc3)C(=O)N=C2O1. The summed E-state index contributed by atoms with van der Waals surface area (Å²) in [6, 6.07) is 17.7. The van der Waals surface area contributed by atoms with E-state index in [1.165, 1.54) is 5.56 Å². The first kappa shape index (κ1) is 18.4. The van der Waals surface area contributed by atoms with Gasteiger partial charge in [-0.3, -0.25) is 9.69 Å². The molecule has 152 valence electrons. The fourth-order valence-electron chi connectivity index (χ4n) is 4.10. The number of amides is 3. The number of hydrogen-bond acceptors (Lipinski definition) is 4. The normalized spacial score (nSPS) is 20.0. The van der Waals surface area contributed by atoms with Gasteiger partial charge in [-0.15, -0.1) is 4.99 Å². The molecule has 2 aromatic rings. The highest BCUT2D eigenvalue weighted by Crippen LogP contribution is 2.31. The van der Waals surface area contributed by atoms with Gasteiger partial charge in [0.1, 0.15) is 0 Å². The van der Waals surface area contributed by atoms with Crippen molar-refractivity contribution >= 4 is 18.0 Å². The van der Waals surface area contributed by atoms with Crippen LogP contribution in [-0.2, 0) is 22.5 Å². The number of nitrogens with zero attached hydrogens (tertiary/aromatic N) is 3. The van der Waals surface area contributed by atoms with Crippen molar-refractivity contribution in [3.8, 4) is 0 Å². The summed E-state index contributed by atoms with van der Waals surface area (Å²) in [5, 5.41) is 3.05. The molecule has 0 radical (unpaired) electrons. The number of aliphatic imine (C=N–C) groups is 1. The van der Waals surface area contributed by atoms with E-state index in [4.69, 9.17) is 4.74 Å². The maximum atomic E-state index is 12.7. The van der Waals surface area contributed by atoms with Crippen LogP contribution in [0.5, 0.6) is 0 Å². The molecule has 0 aromatic heterocycles. The molecule has 1 aliphatic carbocycles. The Morgan fingerprint density at radius 2 is 1.90 bits per heavy atom. The van der Waals surface area contributed by atoms with E-state index in [0.29, 0.717) is 19.6 Å². The van der Waals surface area contributed by atoms with Gasteiger partial charge in [-0.1, -0.05) is 54.6 Å². The van der Waals surface area contributed by atoms with Crippen LogP contribution in [0.4, 0.5) is 4.79 Å². The lowest BCUT2D eigenvalue weighted by Gasteiger charge is -2.19. The van der Waals surface area contributed by atoms with Gasteiger partial charge in [0.05, 0.1) is 12.2 Å². The monoisotopic (exact) mass is 402 g/mol. The third-order valence-electron chi connectivity index (χ3n) is 5.67. The summed E-state index contributed by atoms with van der Waals surface area (Å²) >= 11 is 0. The lowest BCUT2D eigenvalue weighted by atomic mass is 10.1. The fraction of sp³-hybridized carbons (Fsp3) is 0.261. The Hall–Kier alpha value is -3.61. The van der Waals surface area contributed by atoms with Crippen molar-refractivity contribution in [3.63, 3.8) is 0 Å². The molecule has 0 saturated heterocycles. The van der Waals surface area contributed by atoms with E-state index in [-0.39, 0.29) is 29.8 Å². The minimum Gasteiger partial charge on any atom is -0.418 e. The van der Waals surface area contributed by atoms with Crippen LogP contribution in [0.25, 0.3) is 0 Å². The number of benzene rings is 2. The summed E-state index contributed by atoms with van der Waals surface area (Å²) in [7, 11) is 0. The lowest BCUT2D eigenvalue weighted by Crippen LogP contribution is -2.32. The minimum absolute atomic E-state index is 0.0245. The maximum Gasteiger partial charge on any atom is 0.348 e. The highest BCUT2D eigenvalue weighted by molar-refractivity contribution is 6.00. The zero-order valence-electron chi connectivity index (χ0n) is 16.5. The van der Waals surface area contributed by atoms with Crippen LogP contribution in [0.1, 0.15) is 29.2 Å². The Labute approximate surface area is 174 Å². The lowest BCUT2D eigenvalue weighted by molar-refractivity contribution is -0.120. The first-order chi connectivity index (χ1) is 14.7. The van der Waals surface area contributed by atoms with E-state index < -0.39 is 0 Å². The van der Waals surface area contributed by atoms with Gasteiger partial charge in [0.2, 0.25) is 5.76 Å². The van der Waals surface area contributed by atoms with Crippen molar-refractivity contribution in [2.45, 2.75) is 25.4 Å². The van der Waals surface area contributed by atoms with Crippen LogP contribution in [0.2, 0.25) is 0 Å². The average molecular weight is 402 g/mol. The number of hydrogen-bond donors (Lipinski definition) is 1. The predicted octanol–water partition coefficient (Wildman–Crippen LogP) is 2.96.